The van der Waals surface area contributed by atoms with E-state index >= 15 is 0 Å². The molecular weight excluding hydrogens is 280 g/mol. The van der Waals surface area contributed by atoms with Crippen molar-refractivity contribution in [1.82, 2.24) is 14.8 Å². The van der Waals surface area contributed by atoms with Gasteiger partial charge in [0.05, 0.1) is 26.6 Å². The second kappa shape index (κ2) is 4.83. The van der Waals surface area contributed by atoms with Crippen molar-refractivity contribution in [2.24, 2.45) is 7.05 Å². The van der Waals surface area contributed by atoms with Crippen molar-refractivity contribution in [2.45, 2.75) is 13.3 Å². The number of halogens is 1. The van der Waals surface area contributed by atoms with Crippen molar-refractivity contribution in [3.8, 4) is 0 Å². The van der Waals surface area contributed by atoms with Gasteiger partial charge in [-0.15, -0.1) is 0 Å². The van der Waals surface area contributed by atoms with Crippen molar-refractivity contribution < 1.29 is 0 Å². The molecule has 1 aromatic carbocycles. The van der Waals surface area contributed by atoms with Crippen LogP contribution in [0.25, 0.3) is 10.2 Å². The van der Waals surface area contributed by atoms with Crippen LogP contribution in [0.4, 0.5) is 10.8 Å². The van der Waals surface area contributed by atoms with Crippen LogP contribution in [0.3, 0.4) is 0 Å². The number of fused-ring (bicyclic) bond motifs is 1. The summed E-state index contributed by atoms with van der Waals surface area (Å²) in [6, 6.07) is 5.76. The minimum atomic E-state index is 0.741. The maximum atomic E-state index is 6.16. The molecule has 1 N–H and O–H groups in total. The highest BCUT2D eigenvalue weighted by Crippen LogP contribution is 2.33. The van der Waals surface area contributed by atoms with E-state index in [1.54, 1.807) is 11.3 Å². The molecule has 0 fully saturated rings. The maximum Gasteiger partial charge on any atom is 0.188 e. The monoisotopic (exact) mass is 292 g/mol. The molecule has 0 atom stereocenters. The Kier molecular flexibility index (Phi) is 3.16. The summed E-state index contributed by atoms with van der Waals surface area (Å²) in [4.78, 5) is 4.54. The van der Waals surface area contributed by atoms with Crippen molar-refractivity contribution in [3.63, 3.8) is 0 Å². The van der Waals surface area contributed by atoms with Gasteiger partial charge in [-0.2, -0.15) is 5.10 Å². The smallest absolute Gasteiger partial charge is 0.188 e. The molecule has 0 aliphatic heterocycles. The predicted molar refractivity (Wildman–Crippen MR) is 80.5 cm³/mol. The van der Waals surface area contributed by atoms with Gasteiger partial charge in [-0.05, 0) is 18.6 Å². The van der Waals surface area contributed by atoms with Crippen LogP contribution in [0.1, 0.15) is 12.6 Å². The van der Waals surface area contributed by atoms with Gasteiger partial charge < -0.3 is 5.32 Å². The molecule has 0 saturated carbocycles. The van der Waals surface area contributed by atoms with Crippen LogP contribution < -0.4 is 5.32 Å². The van der Waals surface area contributed by atoms with Crippen LogP contribution in [0, 0.1) is 0 Å². The molecule has 3 aromatic rings. The number of nitrogens with one attached hydrogen (secondary N) is 1. The van der Waals surface area contributed by atoms with Crippen molar-refractivity contribution >= 4 is 44.0 Å². The van der Waals surface area contributed by atoms with E-state index < -0.39 is 0 Å². The first kappa shape index (κ1) is 12.4. The highest BCUT2D eigenvalue weighted by molar-refractivity contribution is 7.22. The Labute approximate surface area is 120 Å². The Morgan fingerprint density at radius 3 is 3.00 bits per heavy atom. The molecular formula is C13H13ClN4S. The van der Waals surface area contributed by atoms with E-state index in [0.29, 0.717) is 0 Å². The van der Waals surface area contributed by atoms with Crippen LogP contribution >= 0.6 is 22.9 Å². The van der Waals surface area contributed by atoms with Gasteiger partial charge in [0.1, 0.15) is 0 Å². The van der Waals surface area contributed by atoms with E-state index in [4.69, 9.17) is 11.6 Å². The molecule has 6 heteroatoms. The molecule has 0 aliphatic rings. The number of hydrogen-bond donors (Lipinski definition) is 1. The van der Waals surface area contributed by atoms with E-state index in [2.05, 4.69) is 22.3 Å². The Morgan fingerprint density at radius 1 is 1.42 bits per heavy atom. The lowest BCUT2D eigenvalue weighted by atomic mass is 10.3. The summed E-state index contributed by atoms with van der Waals surface area (Å²) in [5, 5.41) is 9.31. The number of rotatable bonds is 3. The molecule has 98 valence electrons. The second-order valence-corrected chi connectivity index (χ2v) is 5.66. The molecule has 0 amide bonds. The third kappa shape index (κ3) is 2.31. The summed E-state index contributed by atoms with van der Waals surface area (Å²) in [6.07, 6.45) is 2.85. The minimum Gasteiger partial charge on any atom is -0.329 e. The molecule has 0 saturated heterocycles. The molecule has 0 bridgehead atoms. The lowest BCUT2D eigenvalue weighted by Crippen LogP contribution is -1.92. The van der Waals surface area contributed by atoms with Crippen molar-refractivity contribution in [2.75, 3.05) is 5.32 Å². The van der Waals surface area contributed by atoms with E-state index in [-0.39, 0.29) is 0 Å². The van der Waals surface area contributed by atoms with E-state index in [0.717, 1.165) is 38.2 Å². The molecule has 3 rings (SSSR count). The molecule has 2 heterocycles. The van der Waals surface area contributed by atoms with Crippen LogP contribution in [0.2, 0.25) is 5.02 Å². The number of thiazole rings is 1. The lowest BCUT2D eigenvalue weighted by molar-refractivity contribution is 0.746. The third-order valence-electron chi connectivity index (χ3n) is 2.85. The molecule has 0 radical (unpaired) electrons. The SMILES string of the molecule is CCc1nn(C)cc1Nc1nc2cccc(Cl)c2s1. The molecule has 0 spiro atoms. The third-order valence-corrected chi connectivity index (χ3v) is 4.30. The Hall–Kier alpha value is -1.59. The number of hydrogen-bond acceptors (Lipinski definition) is 4. The van der Waals surface area contributed by atoms with Gasteiger partial charge in [0.2, 0.25) is 0 Å². The number of nitrogens with zero attached hydrogens (tertiary/aromatic N) is 3. The fourth-order valence-electron chi connectivity index (χ4n) is 1.98. The van der Waals surface area contributed by atoms with Crippen LogP contribution in [-0.4, -0.2) is 14.8 Å². The maximum absolute atomic E-state index is 6.16. The molecule has 0 aliphatic carbocycles. The van der Waals surface area contributed by atoms with Crippen LogP contribution in [0.5, 0.6) is 0 Å². The van der Waals surface area contributed by atoms with Crippen LogP contribution in [0.15, 0.2) is 24.4 Å². The van der Waals surface area contributed by atoms with Gasteiger partial charge >= 0.3 is 0 Å². The van der Waals surface area contributed by atoms with E-state index in [9.17, 15) is 0 Å². The second-order valence-electron chi connectivity index (χ2n) is 4.25. The minimum absolute atomic E-state index is 0.741. The Balaban J connectivity index is 1.99. The lowest BCUT2D eigenvalue weighted by Gasteiger charge is -1.99. The summed E-state index contributed by atoms with van der Waals surface area (Å²) < 4.78 is 2.81. The van der Waals surface area contributed by atoms with E-state index in [1.807, 2.05) is 36.1 Å². The number of benzene rings is 1. The normalized spacial score (nSPS) is 11.1. The van der Waals surface area contributed by atoms with Crippen molar-refractivity contribution in [3.05, 3.63) is 35.1 Å². The summed E-state index contributed by atoms with van der Waals surface area (Å²) in [5.41, 5.74) is 2.95. The zero-order valence-electron chi connectivity index (χ0n) is 10.6. The van der Waals surface area contributed by atoms with Gasteiger partial charge in [-0.3, -0.25) is 4.68 Å². The summed E-state index contributed by atoms with van der Waals surface area (Å²) in [7, 11) is 1.92. The zero-order chi connectivity index (χ0) is 13.4. The van der Waals surface area contributed by atoms with Gasteiger partial charge in [0, 0.05) is 13.2 Å². The predicted octanol–water partition coefficient (Wildman–Crippen LogP) is 3.99. The molecule has 0 unspecified atom stereocenters. The van der Waals surface area contributed by atoms with Gasteiger partial charge in [-0.1, -0.05) is 35.9 Å². The quantitative estimate of drug-likeness (QED) is 0.794. The van der Waals surface area contributed by atoms with Crippen LogP contribution in [-0.2, 0) is 13.5 Å². The summed E-state index contributed by atoms with van der Waals surface area (Å²) in [5.74, 6) is 0. The summed E-state index contributed by atoms with van der Waals surface area (Å²) in [6.45, 7) is 2.09. The highest BCUT2D eigenvalue weighted by atomic mass is 35.5. The number of aromatic nitrogens is 3. The average molecular weight is 293 g/mol. The standard InChI is InChI=1S/C13H13ClN4S/c1-3-9-11(7-18(2)17-9)16-13-15-10-6-4-5-8(14)12(10)19-13/h4-7H,3H2,1-2H3,(H,15,16). The molecule has 2 aromatic heterocycles. The fraction of sp³-hybridized carbons (Fsp3) is 0.231. The largest absolute Gasteiger partial charge is 0.329 e. The Morgan fingerprint density at radius 2 is 2.26 bits per heavy atom. The highest BCUT2D eigenvalue weighted by Gasteiger charge is 2.10. The van der Waals surface area contributed by atoms with Crippen molar-refractivity contribution in [1.29, 1.82) is 0 Å². The first-order valence-corrected chi connectivity index (χ1v) is 7.21. The van der Waals surface area contributed by atoms with E-state index in [1.165, 1.54) is 0 Å². The topological polar surface area (TPSA) is 42.7 Å². The first-order chi connectivity index (χ1) is 9.17. The Bertz CT molecular complexity index is 731. The summed E-state index contributed by atoms with van der Waals surface area (Å²) >= 11 is 7.72. The first-order valence-electron chi connectivity index (χ1n) is 6.02. The molecule has 4 nitrogen and oxygen atoms in total. The number of anilines is 2. The fourth-order valence-corrected chi connectivity index (χ4v) is 3.15. The average Bonchev–Trinajstić information content (AvgIpc) is 2.94. The van der Waals surface area contributed by atoms with Gasteiger partial charge in [0.25, 0.3) is 0 Å². The van der Waals surface area contributed by atoms with Gasteiger partial charge in [0.15, 0.2) is 5.13 Å². The zero-order valence-corrected chi connectivity index (χ0v) is 12.2. The molecule has 19 heavy (non-hydrogen) atoms. The number of aryl methyl sites for hydroxylation is 2. The van der Waals surface area contributed by atoms with Gasteiger partial charge in [-0.25, -0.2) is 4.98 Å².